The summed E-state index contributed by atoms with van der Waals surface area (Å²) in [5, 5.41) is 13.2. The molecule has 0 aromatic rings. The maximum atomic E-state index is 11.6. The van der Waals surface area contributed by atoms with Gasteiger partial charge in [0, 0.05) is 6.42 Å². The van der Waals surface area contributed by atoms with Gasteiger partial charge in [0.05, 0.1) is 12.0 Å². The molecule has 1 N–H and O–H groups in total. The molecule has 0 bridgehead atoms. The van der Waals surface area contributed by atoms with E-state index in [1.807, 2.05) is 0 Å². The van der Waals surface area contributed by atoms with Gasteiger partial charge in [-0.1, -0.05) is 78.1 Å². The van der Waals surface area contributed by atoms with E-state index in [1.165, 1.54) is 57.8 Å². The van der Waals surface area contributed by atoms with Gasteiger partial charge in [0.1, 0.15) is 0 Å². The van der Waals surface area contributed by atoms with Gasteiger partial charge in [-0.15, -0.1) is 0 Å². The van der Waals surface area contributed by atoms with Crippen LogP contribution in [0, 0.1) is 0 Å². The number of aliphatic carboxylic acids is 1. The van der Waals surface area contributed by atoms with Crippen LogP contribution >= 0.6 is 0 Å². The second-order valence-electron chi connectivity index (χ2n) is 6.13. The molecule has 0 rings (SSSR count). The Morgan fingerprint density at radius 1 is 0.826 bits per heavy atom. The Kier molecular flexibility index (Phi) is 20.0. The SMILES string of the molecule is CCCCCCCCCCCCCC(=O)N[C@@H](CC)C(=O)[O-].[Na+]. The summed E-state index contributed by atoms with van der Waals surface area (Å²) >= 11 is 0. The van der Waals surface area contributed by atoms with Crippen molar-refractivity contribution in [1.82, 2.24) is 5.32 Å². The fourth-order valence-electron chi connectivity index (χ4n) is 2.54. The maximum Gasteiger partial charge on any atom is 1.00 e. The molecular formula is C18H34NNaO3. The van der Waals surface area contributed by atoms with E-state index >= 15 is 0 Å². The molecule has 0 saturated heterocycles. The van der Waals surface area contributed by atoms with Crippen LogP contribution in [0.1, 0.15) is 97.3 Å². The molecule has 0 aliphatic carbocycles. The predicted octanol–water partition coefficient (Wildman–Crippen LogP) is 0.336. The average Bonchev–Trinajstić information content (AvgIpc) is 2.50. The topological polar surface area (TPSA) is 69.2 Å². The minimum Gasteiger partial charge on any atom is -0.548 e. The van der Waals surface area contributed by atoms with Crippen molar-refractivity contribution in [3.8, 4) is 0 Å². The monoisotopic (exact) mass is 335 g/mol. The zero-order valence-corrected chi connectivity index (χ0v) is 17.5. The van der Waals surface area contributed by atoms with Gasteiger partial charge in [0.15, 0.2) is 0 Å². The van der Waals surface area contributed by atoms with Crippen molar-refractivity contribution in [2.45, 2.75) is 103 Å². The number of carbonyl (C=O) groups excluding carboxylic acids is 2. The molecule has 0 heterocycles. The van der Waals surface area contributed by atoms with Crippen LogP contribution in [-0.4, -0.2) is 17.9 Å². The maximum absolute atomic E-state index is 11.6. The number of carboxylic acids is 1. The summed E-state index contributed by atoms with van der Waals surface area (Å²) < 4.78 is 0. The molecule has 0 fully saturated rings. The van der Waals surface area contributed by atoms with Crippen molar-refractivity contribution in [3.63, 3.8) is 0 Å². The summed E-state index contributed by atoms with van der Waals surface area (Å²) in [5.74, 6) is -1.37. The van der Waals surface area contributed by atoms with E-state index < -0.39 is 12.0 Å². The van der Waals surface area contributed by atoms with Crippen LogP contribution in [0.25, 0.3) is 0 Å². The van der Waals surface area contributed by atoms with E-state index in [0.29, 0.717) is 12.8 Å². The summed E-state index contributed by atoms with van der Waals surface area (Å²) in [7, 11) is 0. The van der Waals surface area contributed by atoms with Crippen molar-refractivity contribution < 1.29 is 44.3 Å². The van der Waals surface area contributed by atoms with E-state index in [2.05, 4.69) is 12.2 Å². The normalized spacial score (nSPS) is 11.6. The minimum atomic E-state index is -1.20. The number of unbranched alkanes of at least 4 members (excludes halogenated alkanes) is 10. The molecule has 1 amide bonds. The van der Waals surface area contributed by atoms with E-state index in [4.69, 9.17) is 0 Å². The molecule has 0 aliphatic heterocycles. The van der Waals surface area contributed by atoms with Gasteiger partial charge in [0.25, 0.3) is 0 Å². The van der Waals surface area contributed by atoms with Crippen molar-refractivity contribution in [3.05, 3.63) is 0 Å². The van der Waals surface area contributed by atoms with Crippen LogP contribution in [0.2, 0.25) is 0 Å². The number of hydrogen-bond donors (Lipinski definition) is 1. The number of rotatable bonds is 15. The fourth-order valence-corrected chi connectivity index (χ4v) is 2.54. The van der Waals surface area contributed by atoms with Gasteiger partial charge in [-0.3, -0.25) is 4.79 Å². The Hall–Kier alpha value is -0.0600. The molecule has 5 heteroatoms. The van der Waals surface area contributed by atoms with E-state index in [-0.39, 0.29) is 35.5 Å². The van der Waals surface area contributed by atoms with Gasteiger partial charge in [-0.05, 0) is 12.8 Å². The van der Waals surface area contributed by atoms with Crippen LogP contribution < -0.4 is 40.0 Å². The van der Waals surface area contributed by atoms with Crippen LogP contribution in [0.5, 0.6) is 0 Å². The number of carbonyl (C=O) groups is 2. The molecule has 0 saturated carbocycles. The minimum absolute atomic E-state index is 0. The first-order chi connectivity index (χ1) is 10.6. The zero-order chi connectivity index (χ0) is 16.6. The first-order valence-corrected chi connectivity index (χ1v) is 9.12. The van der Waals surface area contributed by atoms with Gasteiger partial charge in [0.2, 0.25) is 5.91 Å². The van der Waals surface area contributed by atoms with Gasteiger partial charge < -0.3 is 15.2 Å². The molecular weight excluding hydrogens is 301 g/mol. The summed E-state index contributed by atoms with van der Waals surface area (Å²) in [6, 6.07) is -0.847. The third-order valence-electron chi connectivity index (χ3n) is 4.04. The fraction of sp³-hybridized carbons (Fsp3) is 0.889. The molecule has 23 heavy (non-hydrogen) atoms. The summed E-state index contributed by atoms with van der Waals surface area (Å²) in [4.78, 5) is 22.3. The second kappa shape index (κ2) is 18.3. The summed E-state index contributed by atoms with van der Waals surface area (Å²) in [6.45, 7) is 3.96. The third-order valence-corrected chi connectivity index (χ3v) is 4.04. The molecule has 0 aromatic heterocycles. The van der Waals surface area contributed by atoms with Crippen molar-refractivity contribution in [2.75, 3.05) is 0 Å². The first-order valence-electron chi connectivity index (χ1n) is 9.12. The second-order valence-corrected chi connectivity index (χ2v) is 6.13. The third kappa shape index (κ3) is 16.6. The largest absolute Gasteiger partial charge is 1.00 e. The van der Waals surface area contributed by atoms with Crippen molar-refractivity contribution in [2.24, 2.45) is 0 Å². The first kappa shape index (κ1) is 25.2. The van der Waals surface area contributed by atoms with Crippen LogP contribution in [-0.2, 0) is 9.59 Å². The van der Waals surface area contributed by atoms with Crippen molar-refractivity contribution >= 4 is 11.9 Å². The van der Waals surface area contributed by atoms with E-state index in [9.17, 15) is 14.7 Å². The number of nitrogens with one attached hydrogen (secondary N) is 1. The molecule has 0 radical (unpaired) electrons. The molecule has 0 spiro atoms. The van der Waals surface area contributed by atoms with Crippen LogP contribution in [0.3, 0.4) is 0 Å². The number of amides is 1. The predicted molar refractivity (Wildman–Crippen MR) is 88.3 cm³/mol. The summed E-state index contributed by atoms with van der Waals surface area (Å²) in [6.07, 6.45) is 14.4. The Morgan fingerprint density at radius 2 is 1.26 bits per heavy atom. The smallest absolute Gasteiger partial charge is 0.548 e. The van der Waals surface area contributed by atoms with Gasteiger partial charge >= 0.3 is 29.6 Å². The van der Waals surface area contributed by atoms with Gasteiger partial charge in [-0.25, -0.2) is 0 Å². The molecule has 0 unspecified atom stereocenters. The van der Waals surface area contributed by atoms with Crippen molar-refractivity contribution in [1.29, 1.82) is 0 Å². The average molecular weight is 335 g/mol. The molecule has 4 nitrogen and oxygen atoms in total. The van der Waals surface area contributed by atoms with E-state index in [0.717, 1.165) is 12.8 Å². The van der Waals surface area contributed by atoms with E-state index in [1.54, 1.807) is 6.92 Å². The Balaban J connectivity index is 0. The molecule has 0 aliphatic rings. The van der Waals surface area contributed by atoms with Crippen LogP contribution in [0.4, 0.5) is 0 Å². The molecule has 0 aromatic carbocycles. The Labute approximate surface area is 164 Å². The standard InChI is InChI=1S/C18H35NO3.Na/c1-3-5-6-7-8-9-10-11-12-13-14-15-17(20)19-16(4-2)18(21)22;/h16H,3-15H2,1-2H3,(H,19,20)(H,21,22);/q;+1/p-1/t16-;/m0./s1. The van der Waals surface area contributed by atoms with Gasteiger partial charge in [-0.2, -0.15) is 0 Å². The zero-order valence-electron chi connectivity index (χ0n) is 15.5. The Bertz CT molecular complexity index is 298. The number of hydrogen-bond acceptors (Lipinski definition) is 3. The quantitative estimate of drug-likeness (QED) is 0.346. The summed E-state index contributed by atoms with van der Waals surface area (Å²) in [5.41, 5.74) is 0. The molecule has 130 valence electrons. The molecule has 1 atom stereocenters. The number of carboxylic acid groups (broad SMARTS) is 1. The van der Waals surface area contributed by atoms with Crippen LogP contribution in [0.15, 0.2) is 0 Å². The Morgan fingerprint density at radius 3 is 1.65 bits per heavy atom.